The van der Waals surface area contributed by atoms with Crippen molar-refractivity contribution in [1.29, 1.82) is 5.26 Å². The molecule has 25 heavy (non-hydrogen) atoms. The standard InChI is InChI=1S/C19H15N3O3/c1-11-6-7-13-14(9-11)19(25)22(18(13)24)12(2)17(23)15(10-20)16-5-3-4-8-21-16/h3-9,12,15H,1-2H3/t12-,15-/m1/s1. The van der Waals surface area contributed by atoms with E-state index in [2.05, 4.69) is 4.98 Å². The molecule has 2 heterocycles. The predicted molar refractivity (Wildman–Crippen MR) is 88.7 cm³/mol. The van der Waals surface area contributed by atoms with Gasteiger partial charge in [-0.15, -0.1) is 0 Å². The van der Waals surface area contributed by atoms with Crippen molar-refractivity contribution < 1.29 is 14.4 Å². The lowest BCUT2D eigenvalue weighted by atomic mass is 9.95. The Bertz CT molecular complexity index is 915. The molecule has 0 bridgehead atoms. The van der Waals surface area contributed by atoms with Crippen molar-refractivity contribution >= 4 is 17.6 Å². The second-order valence-corrected chi connectivity index (χ2v) is 5.92. The fourth-order valence-electron chi connectivity index (χ4n) is 2.92. The Morgan fingerprint density at radius 2 is 1.88 bits per heavy atom. The monoisotopic (exact) mass is 333 g/mol. The van der Waals surface area contributed by atoms with E-state index in [0.717, 1.165) is 10.5 Å². The van der Waals surface area contributed by atoms with E-state index in [1.165, 1.54) is 13.1 Å². The third kappa shape index (κ3) is 2.70. The average Bonchev–Trinajstić information content (AvgIpc) is 2.86. The normalized spacial score (nSPS) is 15.5. The summed E-state index contributed by atoms with van der Waals surface area (Å²) in [6.07, 6.45) is 1.49. The molecule has 3 rings (SSSR count). The predicted octanol–water partition coefficient (Wildman–Crippen LogP) is 2.25. The smallest absolute Gasteiger partial charge is 0.262 e. The number of carbonyl (C=O) groups is 3. The van der Waals surface area contributed by atoms with Crippen molar-refractivity contribution in [3.05, 3.63) is 65.0 Å². The lowest BCUT2D eigenvalue weighted by Crippen LogP contribution is -2.44. The zero-order chi connectivity index (χ0) is 18.1. The molecule has 0 radical (unpaired) electrons. The van der Waals surface area contributed by atoms with Crippen molar-refractivity contribution in [2.45, 2.75) is 25.8 Å². The number of nitriles is 1. The van der Waals surface area contributed by atoms with E-state index in [4.69, 9.17) is 0 Å². The fourth-order valence-corrected chi connectivity index (χ4v) is 2.92. The van der Waals surface area contributed by atoms with Crippen LogP contribution < -0.4 is 0 Å². The van der Waals surface area contributed by atoms with Crippen LogP contribution in [0.5, 0.6) is 0 Å². The first-order valence-electron chi connectivity index (χ1n) is 7.78. The summed E-state index contributed by atoms with van der Waals surface area (Å²) in [7, 11) is 0. The van der Waals surface area contributed by atoms with Gasteiger partial charge in [0, 0.05) is 6.20 Å². The van der Waals surface area contributed by atoms with E-state index in [1.807, 2.05) is 13.0 Å². The Kier molecular flexibility index (Phi) is 4.15. The lowest BCUT2D eigenvalue weighted by molar-refractivity contribution is -0.122. The summed E-state index contributed by atoms with van der Waals surface area (Å²) < 4.78 is 0. The Balaban J connectivity index is 1.92. The minimum Gasteiger partial charge on any atom is -0.295 e. The molecular formula is C19H15N3O3. The van der Waals surface area contributed by atoms with E-state index >= 15 is 0 Å². The minimum atomic E-state index is -1.14. The zero-order valence-corrected chi connectivity index (χ0v) is 13.8. The molecule has 0 saturated carbocycles. The number of rotatable bonds is 4. The molecule has 2 atom stereocenters. The van der Waals surface area contributed by atoms with Gasteiger partial charge in [-0.05, 0) is 38.1 Å². The van der Waals surface area contributed by atoms with Crippen molar-refractivity contribution in [3.8, 4) is 6.07 Å². The number of carbonyl (C=O) groups excluding carboxylic acids is 3. The van der Waals surface area contributed by atoms with Crippen LogP contribution in [0.25, 0.3) is 0 Å². The number of fused-ring (bicyclic) bond motifs is 1. The largest absolute Gasteiger partial charge is 0.295 e. The number of nitrogens with zero attached hydrogens (tertiary/aromatic N) is 3. The van der Waals surface area contributed by atoms with Crippen LogP contribution in [0.1, 0.15) is 44.8 Å². The van der Waals surface area contributed by atoms with Crippen LogP contribution in [0.4, 0.5) is 0 Å². The summed E-state index contributed by atoms with van der Waals surface area (Å²) in [6, 6.07) is 10.8. The molecule has 1 aromatic heterocycles. The molecule has 0 N–H and O–H groups in total. The van der Waals surface area contributed by atoms with Crippen LogP contribution in [0.15, 0.2) is 42.6 Å². The third-order valence-corrected chi connectivity index (χ3v) is 4.27. The molecule has 1 aliphatic rings. The molecule has 1 aromatic carbocycles. The Morgan fingerprint density at radius 1 is 1.16 bits per heavy atom. The van der Waals surface area contributed by atoms with Crippen LogP contribution in [-0.2, 0) is 4.79 Å². The second-order valence-electron chi connectivity index (χ2n) is 5.92. The molecule has 0 saturated heterocycles. The van der Waals surface area contributed by atoms with Crippen molar-refractivity contribution in [1.82, 2.24) is 9.88 Å². The van der Waals surface area contributed by atoms with Crippen molar-refractivity contribution in [2.24, 2.45) is 0 Å². The van der Waals surface area contributed by atoms with Gasteiger partial charge in [-0.25, -0.2) is 0 Å². The maximum Gasteiger partial charge on any atom is 0.262 e. The molecule has 1 aliphatic heterocycles. The molecule has 6 heteroatoms. The molecule has 2 amide bonds. The van der Waals surface area contributed by atoms with Crippen LogP contribution in [0, 0.1) is 18.3 Å². The van der Waals surface area contributed by atoms with E-state index in [1.54, 1.807) is 36.4 Å². The Morgan fingerprint density at radius 3 is 2.52 bits per heavy atom. The van der Waals surface area contributed by atoms with E-state index in [0.29, 0.717) is 5.69 Å². The van der Waals surface area contributed by atoms with Gasteiger partial charge in [-0.1, -0.05) is 17.7 Å². The number of hydrogen-bond acceptors (Lipinski definition) is 5. The Hall–Kier alpha value is -3.33. The molecular weight excluding hydrogens is 318 g/mol. The third-order valence-electron chi connectivity index (χ3n) is 4.27. The zero-order valence-electron chi connectivity index (χ0n) is 13.8. The quantitative estimate of drug-likeness (QED) is 0.800. The number of aromatic nitrogens is 1. The van der Waals surface area contributed by atoms with Gasteiger partial charge in [-0.3, -0.25) is 24.3 Å². The highest BCUT2D eigenvalue weighted by molar-refractivity contribution is 6.23. The van der Waals surface area contributed by atoms with Gasteiger partial charge in [0.2, 0.25) is 0 Å². The van der Waals surface area contributed by atoms with Gasteiger partial charge in [0.1, 0.15) is 5.92 Å². The van der Waals surface area contributed by atoms with Crippen LogP contribution >= 0.6 is 0 Å². The molecule has 2 aromatic rings. The van der Waals surface area contributed by atoms with Gasteiger partial charge >= 0.3 is 0 Å². The number of pyridine rings is 1. The maximum atomic E-state index is 12.8. The first-order chi connectivity index (χ1) is 12.0. The number of imide groups is 1. The highest BCUT2D eigenvalue weighted by atomic mass is 16.2. The molecule has 6 nitrogen and oxygen atoms in total. The van der Waals surface area contributed by atoms with Gasteiger partial charge in [0.05, 0.1) is 28.9 Å². The topological polar surface area (TPSA) is 91.1 Å². The summed E-state index contributed by atoms with van der Waals surface area (Å²) in [6.45, 7) is 3.28. The van der Waals surface area contributed by atoms with Crippen LogP contribution in [-0.4, -0.2) is 33.5 Å². The first kappa shape index (κ1) is 16.5. The summed E-state index contributed by atoms with van der Waals surface area (Å²) >= 11 is 0. The van der Waals surface area contributed by atoms with Crippen LogP contribution in [0.2, 0.25) is 0 Å². The van der Waals surface area contributed by atoms with E-state index in [9.17, 15) is 19.6 Å². The number of benzene rings is 1. The van der Waals surface area contributed by atoms with Crippen molar-refractivity contribution in [2.75, 3.05) is 0 Å². The molecule has 0 spiro atoms. The minimum absolute atomic E-state index is 0.279. The number of ketones is 1. The first-order valence-corrected chi connectivity index (χ1v) is 7.78. The highest BCUT2D eigenvalue weighted by Gasteiger charge is 2.42. The summed E-state index contributed by atoms with van der Waals surface area (Å²) in [5, 5.41) is 9.38. The molecule has 0 fully saturated rings. The number of amides is 2. The Labute approximate surface area is 144 Å². The van der Waals surface area contributed by atoms with E-state index in [-0.39, 0.29) is 11.1 Å². The number of hydrogen-bond donors (Lipinski definition) is 0. The fraction of sp³-hybridized carbons (Fsp3) is 0.211. The molecule has 0 unspecified atom stereocenters. The highest BCUT2D eigenvalue weighted by Crippen LogP contribution is 2.28. The van der Waals surface area contributed by atoms with Gasteiger partial charge in [-0.2, -0.15) is 5.26 Å². The van der Waals surface area contributed by atoms with Crippen LogP contribution in [0.3, 0.4) is 0 Å². The summed E-state index contributed by atoms with van der Waals surface area (Å²) in [5.74, 6) is -2.70. The maximum absolute atomic E-state index is 12.8. The van der Waals surface area contributed by atoms with Crippen molar-refractivity contribution in [3.63, 3.8) is 0 Å². The number of Topliss-reactive ketones (excluding diaryl/α,β-unsaturated/α-hetero) is 1. The summed E-state index contributed by atoms with van der Waals surface area (Å²) in [4.78, 5) is 42.9. The second kappa shape index (κ2) is 6.29. The molecule has 124 valence electrons. The molecule has 0 aliphatic carbocycles. The van der Waals surface area contributed by atoms with Gasteiger partial charge in [0.15, 0.2) is 5.78 Å². The van der Waals surface area contributed by atoms with Gasteiger partial charge < -0.3 is 0 Å². The van der Waals surface area contributed by atoms with E-state index < -0.39 is 29.6 Å². The van der Waals surface area contributed by atoms with Gasteiger partial charge in [0.25, 0.3) is 11.8 Å². The lowest BCUT2D eigenvalue weighted by Gasteiger charge is -2.23. The average molecular weight is 333 g/mol. The SMILES string of the molecule is Cc1ccc2c(c1)C(=O)N([C@H](C)C(=O)[C@H](C#N)c1ccccn1)C2=O. The number of aryl methyl sites for hydroxylation is 1. The summed E-state index contributed by atoms with van der Waals surface area (Å²) in [5.41, 5.74) is 1.72.